The Hall–Kier alpha value is -2.08. The van der Waals surface area contributed by atoms with Crippen LogP contribution in [0.4, 0.5) is 10.5 Å². The molecule has 6 heteroatoms. The summed E-state index contributed by atoms with van der Waals surface area (Å²) in [5, 5.41) is 5.47. The molecule has 0 radical (unpaired) electrons. The molecule has 1 aliphatic heterocycles. The average molecular weight is 305 g/mol. The largest absolute Gasteiger partial charge is 0.375 e. The van der Waals surface area contributed by atoms with E-state index < -0.39 is 0 Å². The van der Waals surface area contributed by atoms with Gasteiger partial charge >= 0.3 is 6.03 Å². The van der Waals surface area contributed by atoms with E-state index in [-0.39, 0.29) is 18.0 Å². The number of anilines is 1. The normalized spacial score (nSPS) is 17.9. The maximum absolute atomic E-state index is 12.5. The Morgan fingerprint density at radius 1 is 1.41 bits per heavy atom. The third-order valence-corrected chi connectivity index (χ3v) is 3.43. The van der Waals surface area contributed by atoms with E-state index in [1.807, 2.05) is 13.8 Å². The molecule has 2 rings (SSSR count). The van der Waals surface area contributed by atoms with E-state index in [0.29, 0.717) is 37.5 Å². The van der Waals surface area contributed by atoms with E-state index in [0.717, 1.165) is 6.42 Å². The summed E-state index contributed by atoms with van der Waals surface area (Å²) in [7, 11) is 0. The number of hydrogen-bond acceptors (Lipinski definition) is 3. The molecular weight excluding hydrogens is 282 g/mol. The fourth-order valence-corrected chi connectivity index (χ4v) is 2.33. The highest BCUT2D eigenvalue weighted by Crippen LogP contribution is 2.15. The van der Waals surface area contributed by atoms with Crippen LogP contribution < -0.4 is 10.6 Å². The van der Waals surface area contributed by atoms with Crippen molar-refractivity contribution < 1.29 is 14.3 Å². The number of rotatable bonds is 4. The molecule has 0 spiro atoms. The number of morpholine rings is 1. The lowest BCUT2D eigenvalue weighted by Gasteiger charge is -2.31. The number of ether oxygens (including phenoxy) is 1. The van der Waals surface area contributed by atoms with E-state index in [1.54, 1.807) is 29.2 Å². The van der Waals surface area contributed by atoms with Gasteiger partial charge in [-0.1, -0.05) is 13.0 Å². The zero-order valence-corrected chi connectivity index (χ0v) is 13.1. The van der Waals surface area contributed by atoms with Crippen molar-refractivity contribution in [2.24, 2.45) is 0 Å². The van der Waals surface area contributed by atoms with Gasteiger partial charge in [0.15, 0.2) is 0 Å². The summed E-state index contributed by atoms with van der Waals surface area (Å²) in [5.41, 5.74) is 1.18. The van der Waals surface area contributed by atoms with Crippen LogP contribution in [0.25, 0.3) is 0 Å². The first kappa shape index (κ1) is 16.3. The molecule has 1 heterocycles. The number of amides is 3. The van der Waals surface area contributed by atoms with E-state index in [4.69, 9.17) is 4.74 Å². The van der Waals surface area contributed by atoms with Crippen molar-refractivity contribution in [1.29, 1.82) is 0 Å². The molecule has 0 saturated carbocycles. The molecule has 3 amide bonds. The Balaban J connectivity index is 2.01. The zero-order chi connectivity index (χ0) is 15.9. The van der Waals surface area contributed by atoms with Gasteiger partial charge in [-0.05, 0) is 31.5 Å². The van der Waals surface area contributed by atoms with Gasteiger partial charge in [-0.25, -0.2) is 4.79 Å². The maximum Gasteiger partial charge on any atom is 0.319 e. The predicted octanol–water partition coefficient (Wildman–Crippen LogP) is 2.08. The van der Waals surface area contributed by atoms with Crippen LogP contribution in [-0.4, -0.2) is 49.2 Å². The second-order valence-corrected chi connectivity index (χ2v) is 5.39. The summed E-state index contributed by atoms with van der Waals surface area (Å²) >= 11 is 0. The Bertz CT molecular complexity index is 533. The first-order valence-electron chi connectivity index (χ1n) is 7.66. The second-order valence-electron chi connectivity index (χ2n) is 5.39. The van der Waals surface area contributed by atoms with E-state index in [2.05, 4.69) is 10.6 Å². The zero-order valence-electron chi connectivity index (χ0n) is 13.1. The first-order chi connectivity index (χ1) is 10.6. The molecule has 1 aromatic carbocycles. The minimum atomic E-state index is -0.258. The van der Waals surface area contributed by atoms with Crippen LogP contribution in [0, 0.1) is 0 Å². The summed E-state index contributed by atoms with van der Waals surface area (Å²) in [5.74, 6) is -0.0345. The Morgan fingerprint density at radius 3 is 2.95 bits per heavy atom. The molecule has 2 N–H and O–H groups in total. The van der Waals surface area contributed by atoms with Gasteiger partial charge in [-0.15, -0.1) is 0 Å². The third kappa shape index (κ3) is 4.46. The highest BCUT2D eigenvalue weighted by molar-refractivity contribution is 5.97. The van der Waals surface area contributed by atoms with Gasteiger partial charge in [0.25, 0.3) is 5.91 Å². The van der Waals surface area contributed by atoms with Crippen LogP contribution in [0.3, 0.4) is 0 Å². The van der Waals surface area contributed by atoms with Crippen LogP contribution in [0.1, 0.15) is 30.6 Å². The highest BCUT2D eigenvalue weighted by atomic mass is 16.5. The lowest BCUT2D eigenvalue weighted by atomic mass is 10.1. The Kier molecular flexibility index (Phi) is 5.77. The fourth-order valence-electron chi connectivity index (χ4n) is 2.33. The molecule has 0 aromatic heterocycles. The quantitative estimate of drug-likeness (QED) is 0.894. The minimum Gasteiger partial charge on any atom is -0.375 e. The molecule has 1 saturated heterocycles. The van der Waals surface area contributed by atoms with Crippen molar-refractivity contribution in [1.82, 2.24) is 10.2 Å². The number of nitrogens with zero attached hydrogens (tertiary/aromatic N) is 1. The van der Waals surface area contributed by atoms with Crippen molar-refractivity contribution in [2.75, 3.05) is 31.6 Å². The number of benzene rings is 1. The predicted molar refractivity (Wildman–Crippen MR) is 85.1 cm³/mol. The van der Waals surface area contributed by atoms with Crippen molar-refractivity contribution in [3.05, 3.63) is 29.8 Å². The maximum atomic E-state index is 12.5. The third-order valence-electron chi connectivity index (χ3n) is 3.43. The Morgan fingerprint density at radius 2 is 2.23 bits per heavy atom. The Labute approximate surface area is 130 Å². The SMILES string of the molecule is CCCNC(=O)Nc1cccc(C(=O)N2CCOC(C)C2)c1. The number of carbonyl (C=O) groups is 2. The van der Waals surface area contributed by atoms with Gasteiger partial charge in [0.2, 0.25) is 0 Å². The first-order valence-corrected chi connectivity index (χ1v) is 7.66. The van der Waals surface area contributed by atoms with Crippen LogP contribution in [0.5, 0.6) is 0 Å². The number of carbonyl (C=O) groups excluding carboxylic acids is 2. The molecule has 1 aliphatic rings. The molecule has 1 aromatic rings. The van der Waals surface area contributed by atoms with Gasteiger partial charge in [-0.2, -0.15) is 0 Å². The smallest absolute Gasteiger partial charge is 0.319 e. The summed E-state index contributed by atoms with van der Waals surface area (Å²) < 4.78 is 5.45. The van der Waals surface area contributed by atoms with Gasteiger partial charge in [0.05, 0.1) is 12.7 Å². The van der Waals surface area contributed by atoms with Crippen molar-refractivity contribution in [3.63, 3.8) is 0 Å². The fraction of sp³-hybridized carbons (Fsp3) is 0.500. The molecule has 6 nitrogen and oxygen atoms in total. The van der Waals surface area contributed by atoms with Crippen LogP contribution in [0.15, 0.2) is 24.3 Å². The molecule has 1 atom stereocenters. The summed E-state index contributed by atoms with van der Waals surface area (Å²) in [6.07, 6.45) is 0.931. The number of urea groups is 1. The number of nitrogens with one attached hydrogen (secondary N) is 2. The minimum absolute atomic E-state index is 0.0345. The van der Waals surface area contributed by atoms with Crippen LogP contribution >= 0.6 is 0 Å². The van der Waals surface area contributed by atoms with E-state index in [9.17, 15) is 9.59 Å². The summed E-state index contributed by atoms with van der Waals surface area (Å²) in [4.78, 5) is 25.9. The summed E-state index contributed by atoms with van der Waals surface area (Å²) in [6, 6.07) is 6.74. The van der Waals surface area contributed by atoms with Gasteiger partial charge in [0.1, 0.15) is 0 Å². The average Bonchev–Trinajstić information content (AvgIpc) is 2.52. The number of hydrogen-bond donors (Lipinski definition) is 2. The molecule has 120 valence electrons. The van der Waals surface area contributed by atoms with Gasteiger partial charge < -0.3 is 20.3 Å². The van der Waals surface area contributed by atoms with Crippen LogP contribution in [-0.2, 0) is 4.74 Å². The monoisotopic (exact) mass is 305 g/mol. The molecule has 1 unspecified atom stereocenters. The lowest BCUT2D eigenvalue weighted by Crippen LogP contribution is -2.44. The van der Waals surface area contributed by atoms with E-state index >= 15 is 0 Å². The molecule has 0 aliphatic carbocycles. The molecule has 0 bridgehead atoms. The van der Waals surface area contributed by atoms with E-state index in [1.165, 1.54) is 0 Å². The second kappa shape index (κ2) is 7.79. The van der Waals surface area contributed by atoms with Gasteiger partial charge in [0, 0.05) is 30.9 Å². The molecular formula is C16H23N3O3. The standard InChI is InChI=1S/C16H23N3O3/c1-3-7-17-16(21)18-14-6-4-5-13(10-14)15(20)19-8-9-22-12(2)11-19/h4-6,10,12H,3,7-9,11H2,1-2H3,(H2,17,18,21). The lowest BCUT2D eigenvalue weighted by molar-refractivity contribution is -0.0124. The molecule has 22 heavy (non-hydrogen) atoms. The van der Waals surface area contributed by atoms with Crippen molar-refractivity contribution in [2.45, 2.75) is 26.4 Å². The van der Waals surface area contributed by atoms with Crippen molar-refractivity contribution in [3.8, 4) is 0 Å². The van der Waals surface area contributed by atoms with Gasteiger partial charge in [-0.3, -0.25) is 4.79 Å². The van der Waals surface area contributed by atoms with Crippen molar-refractivity contribution >= 4 is 17.6 Å². The molecule has 1 fully saturated rings. The summed E-state index contributed by atoms with van der Waals surface area (Å²) in [6.45, 7) is 6.31. The highest BCUT2D eigenvalue weighted by Gasteiger charge is 2.22. The van der Waals surface area contributed by atoms with Crippen LogP contribution in [0.2, 0.25) is 0 Å². The topological polar surface area (TPSA) is 70.7 Å².